The van der Waals surface area contributed by atoms with E-state index < -0.39 is 5.54 Å². The average molecular weight is 409 g/mol. The second-order valence-electron chi connectivity index (χ2n) is 7.29. The Morgan fingerprint density at radius 3 is 2.66 bits per heavy atom. The van der Waals surface area contributed by atoms with E-state index in [1.807, 2.05) is 28.8 Å². The van der Waals surface area contributed by atoms with Crippen LogP contribution in [0.4, 0.5) is 0 Å². The predicted molar refractivity (Wildman–Crippen MR) is 110 cm³/mol. The summed E-state index contributed by atoms with van der Waals surface area (Å²) in [6.07, 6.45) is 3.32. The molecule has 0 unspecified atom stereocenters. The van der Waals surface area contributed by atoms with E-state index >= 15 is 0 Å². The Kier molecular flexibility index (Phi) is 5.41. The molecule has 1 heterocycles. The molecule has 1 fully saturated rings. The van der Waals surface area contributed by atoms with Gasteiger partial charge in [-0.3, -0.25) is 4.79 Å². The molecule has 4 rings (SSSR count). The second kappa shape index (κ2) is 8.14. The number of nitrogens with zero attached hydrogens (tertiary/aromatic N) is 3. The van der Waals surface area contributed by atoms with Crippen molar-refractivity contribution in [3.63, 3.8) is 0 Å². The van der Waals surface area contributed by atoms with Crippen LogP contribution >= 0.6 is 11.6 Å². The Hall–Kier alpha value is -3.04. The maximum Gasteiger partial charge on any atom is 0.241 e. The molecule has 1 aliphatic rings. The smallest absolute Gasteiger partial charge is 0.241 e. The van der Waals surface area contributed by atoms with Crippen LogP contribution in [0.25, 0.3) is 11.0 Å². The number of nitrogens with one attached hydrogen (secondary N) is 1. The Labute approximate surface area is 174 Å². The van der Waals surface area contributed by atoms with Crippen LogP contribution in [-0.2, 0) is 17.9 Å². The summed E-state index contributed by atoms with van der Waals surface area (Å²) in [5, 5.41) is 13.1. The summed E-state index contributed by atoms with van der Waals surface area (Å²) >= 11 is 5.92. The Morgan fingerprint density at radius 1 is 1.21 bits per heavy atom. The van der Waals surface area contributed by atoms with Crippen LogP contribution in [0.3, 0.4) is 0 Å². The molecule has 3 aromatic rings. The molecule has 1 amide bonds. The van der Waals surface area contributed by atoms with E-state index in [0.29, 0.717) is 29.4 Å². The number of carbonyl (C=O) groups is 1. The van der Waals surface area contributed by atoms with Crippen molar-refractivity contribution in [2.45, 2.75) is 44.4 Å². The Morgan fingerprint density at radius 2 is 1.93 bits per heavy atom. The zero-order valence-corrected chi connectivity index (χ0v) is 16.7. The van der Waals surface area contributed by atoms with Gasteiger partial charge in [0, 0.05) is 5.02 Å². The number of para-hydroxylation sites is 2. The van der Waals surface area contributed by atoms with E-state index in [-0.39, 0.29) is 19.1 Å². The van der Waals surface area contributed by atoms with Gasteiger partial charge in [0.1, 0.15) is 30.3 Å². The van der Waals surface area contributed by atoms with Crippen LogP contribution in [0.5, 0.6) is 5.75 Å². The number of imidazole rings is 1. The summed E-state index contributed by atoms with van der Waals surface area (Å²) in [4.78, 5) is 17.4. The highest BCUT2D eigenvalue weighted by atomic mass is 35.5. The third-order valence-electron chi connectivity index (χ3n) is 5.27. The van der Waals surface area contributed by atoms with E-state index in [9.17, 15) is 10.1 Å². The Bertz CT molecular complexity index is 1060. The molecule has 1 aromatic heterocycles. The van der Waals surface area contributed by atoms with Crippen molar-refractivity contribution in [3.8, 4) is 11.8 Å². The van der Waals surface area contributed by atoms with Crippen LogP contribution in [0, 0.1) is 11.3 Å². The van der Waals surface area contributed by atoms with Crippen LogP contribution in [-0.4, -0.2) is 21.0 Å². The molecule has 29 heavy (non-hydrogen) atoms. The maximum absolute atomic E-state index is 12.8. The molecule has 0 radical (unpaired) electrons. The van der Waals surface area contributed by atoms with Gasteiger partial charge in [-0.15, -0.1) is 0 Å². The van der Waals surface area contributed by atoms with E-state index in [0.717, 1.165) is 23.9 Å². The summed E-state index contributed by atoms with van der Waals surface area (Å²) in [5.74, 6) is 1.13. The number of hydrogen-bond donors (Lipinski definition) is 1. The molecular formula is C22H21ClN4O2. The van der Waals surface area contributed by atoms with Crippen molar-refractivity contribution >= 4 is 28.5 Å². The first-order valence-corrected chi connectivity index (χ1v) is 10.0. The fourth-order valence-corrected chi connectivity index (χ4v) is 3.91. The second-order valence-corrected chi connectivity index (χ2v) is 7.73. The summed E-state index contributed by atoms with van der Waals surface area (Å²) in [6.45, 7) is 0.302. The molecule has 1 aliphatic carbocycles. The third-order valence-corrected chi connectivity index (χ3v) is 5.52. The topological polar surface area (TPSA) is 79.9 Å². The SMILES string of the molecule is N#CC1(NC(=O)Cn2c(COc3ccc(Cl)cc3)nc3ccccc32)CCCC1. The number of halogens is 1. The van der Waals surface area contributed by atoms with E-state index in [4.69, 9.17) is 16.3 Å². The summed E-state index contributed by atoms with van der Waals surface area (Å²) in [5.41, 5.74) is 0.911. The number of carbonyl (C=O) groups excluding carboxylic acids is 1. The van der Waals surface area contributed by atoms with Gasteiger partial charge >= 0.3 is 0 Å². The Balaban J connectivity index is 1.55. The highest BCUT2D eigenvalue weighted by Gasteiger charge is 2.35. The lowest BCUT2D eigenvalue weighted by Gasteiger charge is -2.22. The molecule has 2 aromatic carbocycles. The standard InChI is InChI=1S/C22H21ClN4O2/c23-16-7-9-17(10-8-16)29-14-20-25-18-5-1-2-6-19(18)27(20)13-21(28)26-22(15-24)11-3-4-12-22/h1-2,5-10H,3-4,11-14H2,(H,26,28). The molecule has 1 saturated carbocycles. The van der Waals surface area contributed by atoms with Crippen LogP contribution in [0.15, 0.2) is 48.5 Å². The molecule has 1 N–H and O–H groups in total. The van der Waals surface area contributed by atoms with Gasteiger partial charge in [0.05, 0.1) is 17.1 Å². The first-order chi connectivity index (χ1) is 14.1. The molecule has 0 saturated heterocycles. The maximum atomic E-state index is 12.8. The lowest BCUT2D eigenvalue weighted by molar-refractivity contribution is -0.123. The van der Waals surface area contributed by atoms with Crippen molar-refractivity contribution in [1.82, 2.24) is 14.9 Å². The quantitative estimate of drug-likeness (QED) is 0.662. The minimum atomic E-state index is -0.743. The molecule has 7 heteroatoms. The van der Waals surface area contributed by atoms with Gasteiger partial charge in [-0.1, -0.05) is 23.7 Å². The minimum Gasteiger partial charge on any atom is -0.486 e. The molecule has 0 atom stereocenters. The van der Waals surface area contributed by atoms with E-state index in [1.54, 1.807) is 24.3 Å². The first kappa shape index (κ1) is 19.3. The van der Waals surface area contributed by atoms with E-state index in [1.165, 1.54) is 0 Å². The number of rotatable bonds is 6. The van der Waals surface area contributed by atoms with Crippen LogP contribution in [0.2, 0.25) is 5.02 Å². The predicted octanol–water partition coefficient (Wildman–Crippen LogP) is 4.22. The number of hydrogen-bond acceptors (Lipinski definition) is 4. The van der Waals surface area contributed by atoms with Crippen molar-refractivity contribution in [2.24, 2.45) is 0 Å². The molecule has 6 nitrogen and oxygen atoms in total. The first-order valence-electron chi connectivity index (χ1n) is 9.63. The number of ether oxygens (including phenoxy) is 1. The van der Waals surface area contributed by atoms with Gasteiger partial charge in [0.2, 0.25) is 5.91 Å². The lowest BCUT2D eigenvalue weighted by Crippen LogP contribution is -2.46. The van der Waals surface area contributed by atoms with Crippen molar-refractivity contribution in [2.75, 3.05) is 0 Å². The largest absolute Gasteiger partial charge is 0.486 e. The highest BCUT2D eigenvalue weighted by Crippen LogP contribution is 2.29. The van der Waals surface area contributed by atoms with E-state index in [2.05, 4.69) is 16.4 Å². The molecule has 148 valence electrons. The van der Waals surface area contributed by atoms with Gasteiger partial charge in [0.15, 0.2) is 0 Å². The molecule has 0 bridgehead atoms. The monoisotopic (exact) mass is 408 g/mol. The zero-order valence-electron chi connectivity index (χ0n) is 15.9. The van der Waals surface area contributed by atoms with Gasteiger partial charge < -0.3 is 14.6 Å². The van der Waals surface area contributed by atoms with Crippen molar-refractivity contribution in [3.05, 3.63) is 59.4 Å². The number of amides is 1. The van der Waals surface area contributed by atoms with Gasteiger partial charge in [0.25, 0.3) is 0 Å². The fourth-order valence-electron chi connectivity index (χ4n) is 3.78. The van der Waals surface area contributed by atoms with Gasteiger partial charge in [-0.05, 0) is 62.1 Å². The molecule has 0 spiro atoms. The lowest BCUT2D eigenvalue weighted by atomic mass is 10.00. The number of nitriles is 1. The number of fused-ring (bicyclic) bond motifs is 1. The van der Waals surface area contributed by atoms with Crippen molar-refractivity contribution in [1.29, 1.82) is 5.26 Å². The fraction of sp³-hybridized carbons (Fsp3) is 0.318. The van der Waals surface area contributed by atoms with Gasteiger partial charge in [-0.25, -0.2) is 4.98 Å². The van der Waals surface area contributed by atoms with Crippen LogP contribution < -0.4 is 10.1 Å². The highest BCUT2D eigenvalue weighted by molar-refractivity contribution is 6.30. The average Bonchev–Trinajstić information content (AvgIpc) is 3.33. The summed E-state index contributed by atoms with van der Waals surface area (Å²) in [6, 6.07) is 17.1. The summed E-state index contributed by atoms with van der Waals surface area (Å²) < 4.78 is 7.70. The third kappa shape index (κ3) is 4.20. The summed E-state index contributed by atoms with van der Waals surface area (Å²) in [7, 11) is 0. The molecule has 0 aliphatic heterocycles. The number of benzene rings is 2. The zero-order chi connectivity index (χ0) is 20.3. The normalized spacial score (nSPS) is 15.2. The van der Waals surface area contributed by atoms with Crippen LogP contribution in [0.1, 0.15) is 31.5 Å². The van der Waals surface area contributed by atoms with Crippen molar-refractivity contribution < 1.29 is 9.53 Å². The number of aromatic nitrogens is 2. The minimum absolute atomic E-state index is 0.0866. The molecular weight excluding hydrogens is 388 g/mol. The van der Waals surface area contributed by atoms with Gasteiger partial charge in [-0.2, -0.15) is 5.26 Å².